The van der Waals surface area contributed by atoms with Crippen molar-refractivity contribution in [2.75, 3.05) is 24.6 Å². The molecule has 3 rings (SSSR count). The number of hydrogen-bond acceptors (Lipinski definition) is 4. The maximum atomic E-state index is 5.70. The SMILES string of the molecule is Cc1nc(I)cc(N2CC3CCOC3C2)n1. The molecule has 2 aliphatic rings. The largest absolute Gasteiger partial charge is 0.376 e. The maximum absolute atomic E-state index is 5.70. The van der Waals surface area contributed by atoms with E-state index in [9.17, 15) is 0 Å². The summed E-state index contributed by atoms with van der Waals surface area (Å²) in [5.41, 5.74) is 0. The number of ether oxygens (including phenoxy) is 1. The average molecular weight is 331 g/mol. The molecule has 3 heterocycles. The first-order chi connectivity index (χ1) is 7.72. The van der Waals surface area contributed by atoms with Crippen LogP contribution >= 0.6 is 22.6 Å². The van der Waals surface area contributed by atoms with Crippen LogP contribution in [0.1, 0.15) is 12.2 Å². The van der Waals surface area contributed by atoms with Gasteiger partial charge >= 0.3 is 0 Å². The van der Waals surface area contributed by atoms with E-state index in [0.717, 1.165) is 35.0 Å². The number of aryl methyl sites for hydroxylation is 1. The first-order valence-electron chi connectivity index (χ1n) is 5.60. The van der Waals surface area contributed by atoms with E-state index in [1.807, 2.05) is 6.92 Å². The second kappa shape index (κ2) is 4.10. The fourth-order valence-electron chi connectivity index (χ4n) is 2.54. The summed E-state index contributed by atoms with van der Waals surface area (Å²) in [5.74, 6) is 2.60. The van der Waals surface area contributed by atoms with Crippen LogP contribution in [0, 0.1) is 16.5 Å². The fourth-order valence-corrected chi connectivity index (χ4v) is 3.17. The van der Waals surface area contributed by atoms with Crippen molar-refractivity contribution >= 4 is 28.4 Å². The lowest BCUT2D eigenvalue weighted by Crippen LogP contribution is -2.24. The molecule has 0 bridgehead atoms. The van der Waals surface area contributed by atoms with E-state index in [-0.39, 0.29) is 0 Å². The summed E-state index contributed by atoms with van der Waals surface area (Å²) in [6.07, 6.45) is 1.62. The summed E-state index contributed by atoms with van der Waals surface area (Å²) in [4.78, 5) is 11.1. The minimum absolute atomic E-state index is 0.424. The van der Waals surface area contributed by atoms with Gasteiger partial charge in [-0.3, -0.25) is 0 Å². The molecular formula is C11H14IN3O. The van der Waals surface area contributed by atoms with E-state index < -0.39 is 0 Å². The van der Waals surface area contributed by atoms with Gasteiger partial charge in [-0.15, -0.1) is 0 Å². The molecule has 0 amide bonds. The molecule has 16 heavy (non-hydrogen) atoms. The van der Waals surface area contributed by atoms with Crippen molar-refractivity contribution in [1.29, 1.82) is 0 Å². The molecule has 0 N–H and O–H groups in total. The lowest BCUT2D eigenvalue weighted by atomic mass is 10.1. The van der Waals surface area contributed by atoms with Crippen LogP contribution in [-0.4, -0.2) is 35.8 Å². The van der Waals surface area contributed by atoms with E-state index in [1.165, 1.54) is 6.42 Å². The van der Waals surface area contributed by atoms with Crippen molar-refractivity contribution in [3.05, 3.63) is 15.6 Å². The summed E-state index contributed by atoms with van der Waals surface area (Å²) in [6.45, 7) is 4.94. The summed E-state index contributed by atoms with van der Waals surface area (Å²) < 4.78 is 6.71. The Morgan fingerprint density at radius 3 is 3.06 bits per heavy atom. The van der Waals surface area contributed by atoms with E-state index >= 15 is 0 Å². The number of nitrogens with zero attached hydrogens (tertiary/aromatic N) is 3. The molecule has 4 nitrogen and oxygen atoms in total. The van der Waals surface area contributed by atoms with Gasteiger partial charge in [-0.2, -0.15) is 0 Å². The van der Waals surface area contributed by atoms with E-state index in [4.69, 9.17) is 4.74 Å². The molecule has 2 unspecified atom stereocenters. The van der Waals surface area contributed by atoms with Gasteiger partial charge in [-0.1, -0.05) is 0 Å². The molecule has 0 spiro atoms. The Morgan fingerprint density at radius 1 is 1.44 bits per heavy atom. The van der Waals surface area contributed by atoms with Gasteiger partial charge < -0.3 is 9.64 Å². The molecule has 2 saturated heterocycles. The predicted molar refractivity (Wildman–Crippen MR) is 69.5 cm³/mol. The zero-order chi connectivity index (χ0) is 11.1. The minimum Gasteiger partial charge on any atom is -0.376 e. The quantitative estimate of drug-likeness (QED) is 0.579. The Morgan fingerprint density at radius 2 is 2.31 bits per heavy atom. The van der Waals surface area contributed by atoms with Crippen LogP contribution in [-0.2, 0) is 4.74 Å². The van der Waals surface area contributed by atoms with Crippen molar-refractivity contribution in [2.24, 2.45) is 5.92 Å². The van der Waals surface area contributed by atoms with E-state index in [1.54, 1.807) is 0 Å². The summed E-state index contributed by atoms with van der Waals surface area (Å²) in [5, 5.41) is 0. The second-order valence-corrected chi connectivity index (χ2v) is 5.56. The Kier molecular flexibility index (Phi) is 2.75. The van der Waals surface area contributed by atoms with Crippen LogP contribution in [0.2, 0.25) is 0 Å². The standard InChI is InChI=1S/C11H14IN3O/c1-7-13-10(12)4-11(14-7)15-5-8-2-3-16-9(8)6-15/h4,8-9H,2-3,5-6H2,1H3. The van der Waals surface area contributed by atoms with Gasteiger partial charge in [-0.05, 0) is 35.9 Å². The van der Waals surface area contributed by atoms with Crippen molar-refractivity contribution in [3.63, 3.8) is 0 Å². The van der Waals surface area contributed by atoms with E-state index in [2.05, 4.69) is 43.5 Å². The maximum Gasteiger partial charge on any atom is 0.133 e. The van der Waals surface area contributed by atoms with Gasteiger partial charge in [0.1, 0.15) is 15.3 Å². The van der Waals surface area contributed by atoms with Gasteiger partial charge in [0.2, 0.25) is 0 Å². The third-order valence-corrected chi connectivity index (χ3v) is 3.87. The molecular weight excluding hydrogens is 317 g/mol. The first kappa shape index (κ1) is 10.7. The van der Waals surface area contributed by atoms with Crippen LogP contribution in [0.5, 0.6) is 0 Å². The second-order valence-electron chi connectivity index (χ2n) is 4.46. The molecule has 0 saturated carbocycles. The smallest absolute Gasteiger partial charge is 0.133 e. The van der Waals surface area contributed by atoms with Crippen molar-refractivity contribution < 1.29 is 4.74 Å². The third-order valence-electron chi connectivity index (χ3n) is 3.32. The molecule has 2 atom stereocenters. The normalized spacial score (nSPS) is 28.5. The van der Waals surface area contributed by atoms with Crippen LogP contribution in [0.4, 0.5) is 5.82 Å². The number of hydrogen-bond donors (Lipinski definition) is 0. The lowest BCUT2D eigenvalue weighted by Gasteiger charge is -2.18. The molecule has 0 aromatic carbocycles. The fraction of sp³-hybridized carbons (Fsp3) is 0.636. The lowest BCUT2D eigenvalue weighted by molar-refractivity contribution is 0.114. The zero-order valence-electron chi connectivity index (χ0n) is 9.19. The predicted octanol–water partition coefficient (Wildman–Crippen LogP) is 1.61. The van der Waals surface area contributed by atoms with Gasteiger partial charge in [0.05, 0.1) is 6.10 Å². The molecule has 0 aliphatic carbocycles. The first-order valence-corrected chi connectivity index (χ1v) is 6.68. The van der Waals surface area contributed by atoms with Crippen molar-refractivity contribution in [1.82, 2.24) is 9.97 Å². The summed E-state index contributed by atoms with van der Waals surface area (Å²) in [6, 6.07) is 2.05. The number of rotatable bonds is 1. The number of halogens is 1. The molecule has 1 aromatic heterocycles. The van der Waals surface area contributed by atoms with Gasteiger partial charge in [0.15, 0.2) is 0 Å². The van der Waals surface area contributed by atoms with Crippen LogP contribution < -0.4 is 4.90 Å². The molecule has 2 aliphatic heterocycles. The minimum atomic E-state index is 0.424. The third kappa shape index (κ3) is 1.90. The van der Waals surface area contributed by atoms with Crippen molar-refractivity contribution in [2.45, 2.75) is 19.4 Å². The average Bonchev–Trinajstić information content (AvgIpc) is 2.74. The Balaban J connectivity index is 1.83. The highest BCUT2D eigenvalue weighted by molar-refractivity contribution is 14.1. The molecule has 1 aromatic rings. The molecule has 5 heteroatoms. The summed E-state index contributed by atoms with van der Waals surface area (Å²) in [7, 11) is 0. The molecule has 0 radical (unpaired) electrons. The molecule has 86 valence electrons. The van der Waals surface area contributed by atoms with Crippen LogP contribution in [0.25, 0.3) is 0 Å². The highest BCUT2D eigenvalue weighted by Gasteiger charge is 2.37. The van der Waals surface area contributed by atoms with Gasteiger partial charge in [0, 0.05) is 31.7 Å². The highest BCUT2D eigenvalue weighted by atomic mass is 127. The molecule has 2 fully saturated rings. The summed E-state index contributed by atoms with van der Waals surface area (Å²) >= 11 is 2.24. The Hall–Kier alpha value is -0.430. The monoisotopic (exact) mass is 331 g/mol. The highest BCUT2D eigenvalue weighted by Crippen LogP contribution is 2.31. The number of fused-ring (bicyclic) bond motifs is 1. The van der Waals surface area contributed by atoms with Crippen LogP contribution in [0.3, 0.4) is 0 Å². The number of aromatic nitrogens is 2. The Labute approximate surface area is 109 Å². The van der Waals surface area contributed by atoms with E-state index in [0.29, 0.717) is 12.0 Å². The van der Waals surface area contributed by atoms with Gasteiger partial charge in [-0.25, -0.2) is 9.97 Å². The van der Waals surface area contributed by atoms with Crippen LogP contribution in [0.15, 0.2) is 6.07 Å². The van der Waals surface area contributed by atoms with Gasteiger partial charge in [0.25, 0.3) is 0 Å². The zero-order valence-corrected chi connectivity index (χ0v) is 11.3. The Bertz CT molecular complexity index is 380. The topological polar surface area (TPSA) is 38.2 Å². The number of anilines is 1. The van der Waals surface area contributed by atoms with Crippen molar-refractivity contribution in [3.8, 4) is 0 Å².